The van der Waals surface area contributed by atoms with Crippen molar-refractivity contribution >= 4 is 17.9 Å². The molecule has 1 aliphatic carbocycles. The van der Waals surface area contributed by atoms with E-state index < -0.39 is 48.3 Å². The highest BCUT2D eigenvalue weighted by molar-refractivity contribution is 6.08. The fourth-order valence-corrected chi connectivity index (χ4v) is 3.39. The molecule has 1 heterocycles. The zero-order chi connectivity index (χ0) is 18.9. The number of halogens is 3. The van der Waals surface area contributed by atoms with Crippen LogP contribution >= 0.6 is 0 Å². The van der Waals surface area contributed by atoms with Crippen LogP contribution in [0.1, 0.15) is 36.8 Å². The van der Waals surface area contributed by atoms with E-state index in [4.69, 9.17) is 4.74 Å². The van der Waals surface area contributed by atoms with Crippen LogP contribution in [0.2, 0.25) is 0 Å². The van der Waals surface area contributed by atoms with Crippen LogP contribution in [0.15, 0.2) is 24.3 Å². The van der Waals surface area contributed by atoms with E-state index in [1.165, 1.54) is 18.2 Å². The Labute approximate surface area is 147 Å². The SMILES string of the molecule is O=C(CN1C(=O)NC2(CCCC2)C1=O)OCc1ccccc1C(F)(F)F. The van der Waals surface area contributed by atoms with Crippen LogP contribution < -0.4 is 5.32 Å². The Morgan fingerprint density at radius 1 is 1.19 bits per heavy atom. The first-order chi connectivity index (χ1) is 12.2. The molecule has 9 heteroatoms. The molecular weight excluding hydrogens is 353 g/mol. The van der Waals surface area contributed by atoms with Gasteiger partial charge in [-0.15, -0.1) is 0 Å². The molecule has 0 atom stereocenters. The van der Waals surface area contributed by atoms with Crippen molar-refractivity contribution < 1.29 is 32.3 Å². The molecule has 1 spiro atoms. The Hall–Kier alpha value is -2.58. The lowest BCUT2D eigenvalue weighted by Gasteiger charge is -2.19. The summed E-state index contributed by atoms with van der Waals surface area (Å²) in [6.45, 7) is -1.22. The van der Waals surface area contributed by atoms with Gasteiger partial charge in [0.1, 0.15) is 18.7 Å². The monoisotopic (exact) mass is 370 g/mol. The molecule has 3 rings (SSSR count). The molecule has 140 valence electrons. The number of alkyl halides is 3. The largest absolute Gasteiger partial charge is 0.459 e. The number of nitrogens with one attached hydrogen (secondary N) is 1. The molecule has 1 aliphatic heterocycles. The minimum absolute atomic E-state index is 0.196. The first-order valence-corrected chi connectivity index (χ1v) is 8.18. The maximum Gasteiger partial charge on any atom is 0.416 e. The second kappa shape index (κ2) is 6.62. The Morgan fingerprint density at radius 3 is 2.50 bits per heavy atom. The van der Waals surface area contributed by atoms with Crippen LogP contribution in [0.4, 0.5) is 18.0 Å². The molecule has 0 radical (unpaired) electrons. The third-order valence-electron chi connectivity index (χ3n) is 4.70. The first kappa shape index (κ1) is 18.2. The molecular formula is C17H17F3N2O4. The summed E-state index contributed by atoms with van der Waals surface area (Å²) in [5.41, 5.74) is -2.04. The summed E-state index contributed by atoms with van der Waals surface area (Å²) in [6, 6.07) is 4.06. The van der Waals surface area contributed by atoms with Crippen LogP contribution in [0.25, 0.3) is 0 Å². The standard InChI is InChI=1S/C17H17F3N2O4/c18-17(19,20)12-6-2-1-5-11(12)10-26-13(23)9-22-14(24)16(21-15(22)25)7-3-4-8-16/h1-2,5-6H,3-4,7-10H2,(H,21,25). The van der Waals surface area contributed by atoms with E-state index >= 15 is 0 Å². The topological polar surface area (TPSA) is 75.7 Å². The van der Waals surface area contributed by atoms with Crippen molar-refractivity contribution in [2.24, 2.45) is 0 Å². The van der Waals surface area contributed by atoms with Gasteiger partial charge in [0, 0.05) is 5.56 Å². The van der Waals surface area contributed by atoms with E-state index in [2.05, 4.69) is 5.32 Å². The van der Waals surface area contributed by atoms with Gasteiger partial charge in [-0.3, -0.25) is 14.5 Å². The average molecular weight is 370 g/mol. The summed E-state index contributed by atoms with van der Waals surface area (Å²) in [5.74, 6) is -1.42. The number of carbonyl (C=O) groups excluding carboxylic acids is 3. The lowest BCUT2D eigenvalue weighted by Crippen LogP contribution is -2.44. The zero-order valence-corrected chi connectivity index (χ0v) is 13.8. The smallest absolute Gasteiger partial charge is 0.416 e. The number of rotatable bonds is 4. The van der Waals surface area contributed by atoms with Gasteiger partial charge in [-0.05, 0) is 18.9 Å². The predicted molar refractivity (Wildman–Crippen MR) is 82.7 cm³/mol. The summed E-state index contributed by atoms with van der Waals surface area (Å²) in [7, 11) is 0. The van der Waals surface area contributed by atoms with Crippen molar-refractivity contribution in [3.05, 3.63) is 35.4 Å². The maximum absolute atomic E-state index is 12.9. The fraction of sp³-hybridized carbons (Fsp3) is 0.471. The Kier molecular flexibility index (Phi) is 4.64. The molecule has 0 bridgehead atoms. The summed E-state index contributed by atoms with van der Waals surface area (Å²) in [5, 5.41) is 2.62. The molecule has 1 aromatic rings. The highest BCUT2D eigenvalue weighted by atomic mass is 19.4. The van der Waals surface area contributed by atoms with E-state index in [-0.39, 0.29) is 5.56 Å². The number of ether oxygens (including phenoxy) is 1. The summed E-state index contributed by atoms with van der Waals surface area (Å²) >= 11 is 0. The minimum Gasteiger partial charge on any atom is -0.459 e. The molecule has 1 saturated carbocycles. The molecule has 1 N–H and O–H groups in total. The number of esters is 1. The highest BCUT2D eigenvalue weighted by Crippen LogP contribution is 2.35. The highest BCUT2D eigenvalue weighted by Gasteiger charge is 2.52. The minimum atomic E-state index is -4.57. The number of nitrogens with zero attached hydrogens (tertiary/aromatic N) is 1. The van der Waals surface area contributed by atoms with Crippen molar-refractivity contribution in [1.29, 1.82) is 0 Å². The molecule has 6 nitrogen and oxygen atoms in total. The Morgan fingerprint density at radius 2 is 1.85 bits per heavy atom. The van der Waals surface area contributed by atoms with Gasteiger partial charge in [0.2, 0.25) is 0 Å². The predicted octanol–water partition coefficient (Wildman–Crippen LogP) is 2.61. The van der Waals surface area contributed by atoms with Crippen LogP contribution in [0.3, 0.4) is 0 Å². The summed E-state index contributed by atoms with van der Waals surface area (Å²) in [4.78, 5) is 37.1. The van der Waals surface area contributed by atoms with E-state index in [1.54, 1.807) is 0 Å². The molecule has 2 aliphatic rings. The maximum atomic E-state index is 12.9. The quantitative estimate of drug-likeness (QED) is 0.653. The summed E-state index contributed by atoms with van der Waals surface area (Å²) in [6.07, 6.45) is -1.93. The summed E-state index contributed by atoms with van der Waals surface area (Å²) < 4.78 is 43.6. The van der Waals surface area contributed by atoms with Gasteiger partial charge in [-0.1, -0.05) is 31.0 Å². The van der Waals surface area contributed by atoms with Crippen LogP contribution in [-0.2, 0) is 27.1 Å². The van der Waals surface area contributed by atoms with Crippen LogP contribution in [-0.4, -0.2) is 34.9 Å². The van der Waals surface area contributed by atoms with Crippen LogP contribution in [0.5, 0.6) is 0 Å². The van der Waals surface area contributed by atoms with Gasteiger partial charge in [-0.25, -0.2) is 4.79 Å². The van der Waals surface area contributed by atoms with E-state index in [0.717, 1.165) is 23.8 Å². The van der Waals surface area contributed by atoms with E-state index in [1.807, 2.05) is 0 Å². The van der Waals surface area contributed by atoms with Gasteiger partial charge in [-0.2, -0.15) is 13.2 Å². The van der Waals surface area contributed by atoms with Crippen molar-refractivity contribution in [3.63, 3.8) is 0 Å². The first-order valence-electron chi connectivity index (χ1n) is 8.18. The molecule has 26 heavy (non-hydrogen) atoms. The molecule has 0 aromatic heterocycles. The number of carbonyl (C=O) groups is 3. The zero-order valence-electron chi connectivity index (χ0n) is 13.8. The van der Waals surface area contributed by atoms with Gasteiger partial charge in [0.25, 0.3) is 5.91 Å². The van der Waals surface area contributed by atoms with E-state index in [0.29, 0.717) is 12.8 Å². The van der Waals surface area contributed by atoms with E-state index in [9.17, 15) is 27.6 Å². The number of hydrogen-bond donors (Lipinski definition) is 1. The Balaban J connectivity index is 1.62. The average Bonchev–Trinajstić information content (AvgIpc) is 3.13. The van der Waals surface area contributed by atoms with Crippen LogP contribution in [0, 0.1) is 0 Å². The van der Waals surface area contributed by atoms with Gasteiger partial charge in [0.15, 0.2) is 0 Å². The lowest BCUT2D eigenvalue weighted by atomic mass is 9.98. The second-order valence-electron chi connectivity index (χ2n) is 6.43. The van der Waals surface area contributed by atoms with Crippen molar-refractivity contribution in [2.45, 2.75) is 44.0 Å². The third kappa shape index (κ3) is 3.38. The molecule has 0 unspecified atom stereocenters. The van der Waals surface area contributed by atoms with Gasteiger partial charge < -0.3 is 10.1 Å². The molecule has 3 amide bonds. The van der Waals surface area contributed by atoms with Crippen molar-refractivity contribution in [1.82, 2.24) is 10.2 Å². The molecule has 1 saturated heterocycles. The Bertz CT molecular complexity index is 742. The number of imide groups is 1. The van der Waals surface area contributed by atoms with Crippen molar-refractivity contribution in [2.75, 3.05) is 6.54 Å². The number of benzene rings is 1. The molecule has 2 fully saturated rings. The lowest BCUT2D eigenvalue weighted by molar-refractivity contribution is -0.150. The third-order valence-corrected chi connectivity index (χ3v) is 4.70. The fourth-order valence-electron chi connectivity index (χ4n) is 3.39. The number of amides is 3. The van der Waals surface area contributed by atoms with Crippen molar-refractivity contribution in [3.8, 4) is 0 Å². The number of urea groups is 1. The number of hydrogen-bond acceptors (Lipinski definition) is 4. The van der Waals surface area contributed by atoms with Gasteiger partial charge in [0.05, 0.1) is 5.56 Å². The molecule has 1 aromatic carbocycles. The van der Waals surface area contributed by atoms with Gasteiger partial charge >= 0.3 is 18.2 Å². The normalized spacial score (nSPS) is 19.1. The second-order valence-corrected chi connectivity index (χ2v) is 6.43.